The molecule has 2 rings (SSSR count). The van der Waals surface area contributed by atoms with Gasteiger partial charge in [0.25, 0.3) is 0 Å². The van der Waals surface area contributed by atoms with E-state index in [0.717, 1.165) is 16.9 Å². The van der Waals surface area contributed by atoms with Crippen molar-refractivity contribution in [1.82, 2.24) is 10.6 Å². The molecule has 0 aliphatic heterocycles. The standard InChI is InChI=1S/C24H32N2O4/c1-17(2)14-22(24(28)29-4)26-23(27)21(25-3)15-18-10-12-20(13-11-18)30-16-19-8-6-5-7-9-19/h5-13,17,21-22,25H,14-16H2,1-4H3,(H,26,27)/t21-,22-/m0/s1. The molecule has 0 spiro atoms. The summed E-state index contributed by atoms with van der Waals surface area (Å²) in [5.74, 6) is 0.381. The Hall–Kier alpha value is -2.86. The summed E-state index contributed by atoms with van der Waals surface area (Å²) in [5, 5.41) is 5.85. The van der Waals surface area contributed by atoms with Gasteiger partial charge in [-0.15, -0.1) is 0 Å². The summed E-state index contributed by atoms with van der Waals surface area (Å²) in [5.41, 5.74) is 2.10. The van der Waals surface area contributed by atoms with Crippen LogP contribution in [0.4, 0.5) is 0 Å². The number of nitrogens with one attached hydrogen (secondary N) is 2. The molecule has 2 aromatic rings. The van der Waals surface area contributed by atoms with Crippen molar-refractivity contribution in [1.29, 1.82) is 0 Å². The fraction of sp³-hybridized carbons (Fsp3) is 0.417. The van der Waals surface area contributed by atoms with Crippen molar-refractivity contribution in [2.24, 2.45) is 5.92 Å². The number of hydrogen-bond acceptors (Lipinski definition) is 5. The topological polar surface area (TPSA) is 76.7 Å². The molecule has 0 radical (unpaired) electrons. The Labute approximate surface area is 179 Å². The van der Waals surface area contributed by atoms with E-state index in [4.69, 9.17) is 9.47 Å². The molecule has 0 saturated carbocycles. The van der Waals surface area contributed by atoms with Gasteiger partial charge in [0, 0.05) is 0 Å². The van der Waals surface area contributed by atoms with Crippen LogP contribution in [-0.2, 0) is 27.4 Å². The smallest absolute Gasteiger partial charge is 0.328 e. The molecule has 0 saturated heterocycles. The summed E-state index contributed by atoms with van der Waals surface area (Å²) in [6.07, 6.45) is 1.03. The third-order valence-corrected chi connectivity index (χ3v) is 4.79. The van der Waals surface area contributed by atoms with Crippen molar-refractivity contribution < 1.29 is 19.1 Å². The van der Waals surface area contributed by atoms with E-state index in [1.54, 1.807) is 7.05 Å². The molecular weight excluding hydrogens is 380 g/mol. The second-order valence-electron chi connectivity index (χ2n) is 7.68. The maximum atomic E-state index is 12.7. The second kappa shape index (κ2) is 12.0. The molecule has 6 heteroatoms. The number of benzene rings is 2. The number of likely N-dealkylation sites (N-methyl/N-ethyl adjacent to an activating group) is 1. The predicted octanol–water partition coefficient (Wildman–Crippen LogP) is 3.10. The van der Waals surface area contributed by atoms with Gasteiger partial charge < -0.3 is 20.1 Å². The van der Waals surface area contributed by atoms with Crippen LogP contribution in [0.15, 0.2) is 54.6 Å². The number of rotatable bonds is 11. The molecule has 162 valence electrons. The molecule has 0 aliphatic rings. The lowest BCUT2D eigenvalue weighted by atomic mass is 10.0. The first kappa shape index (κ1) is 23.4. The molecule has 2 N–H and O–H groups in total. The van der Waals surface area contributed by atoms with E-state index in [1.165, 1.54) is 7.11 Å². The summed E-state index contributed by atoms with van der Waals surface area (Å²) >= 11 is 0. The van der Waals surface area contributed by atoms with Crippen LogP contribution in [0.25, 0.3) is 0 Å². The SMILES string of the molecule is CN[C@@H](Cc1ccc(OCc2ccccc2)cc1)C(=O)N[C@@H](CC(C)C)C(=O)OC. The lowest BCUT2D eigenvalue weighted by Gasteiger charge is -2.22. The molecular formula is C24H32N2O4. The van der Waals surface area contributed by atoms with Gasteiger partial charge in [-0.05, 0) is 49.1 Å². The average molecular weight is 413 g/mol. The number of carbonyl (C=O) groups excluding carboxylic acids is 2. The van der Waals surface area contributed by atoms with Gasteiger partial charge in [0.1, 0.15) is 18.4 Å². The Morgan fingerprint density at radius 1 is 0.933 bits per heavy atom. The van der Waals surface area contributed by atoms with Crippen molar-refractivity contribution in [3.63, 3.8) is 0 Å². The van der Waals surface area contributed by atoms with Crippen molar-refractivity contribution in [2.45, 2.75) is 45.4 Å². The van der Waals surface area contributed by atoms with Crippen LogP contribution in [0.2, 0.25) is 0 Å². The van der Waals surface area contributed by atoms with Crippen molar-refractivity contribution in [2.75, 3.05) is 14.2 Å². The Morgan fingerprint density at radius 3 is 2.17 bits per heavy atom. The van der Waals surface area contributed by atoms with Crippen molar-refractivity contribution >= 4 is 11.9 Å². The quantitative estimate of drug-likeness (QED) is 0.555. The fourth-order valence-corrected chi connectivity index (χ4v) is 3.12. The van der Waals surface area contributed by atoms with Gasteiger partial charge in [0.15, 0.2) is 0 Å². The minimum Gasteiger partial charge on any atom is -0.489 e. The molecule has 2 aromatic carbocycles. The normalized spacial score (nSPS) is 12.8. The zero-order chi connectivity index (χ0) is 21.9. The zero-order valence-electron chi connectivity index (χ0n) is 18.2. The molecule has 0 heterocycles. The van der Waals surface area contributed by atoms with E-state index < -0.39 is 18.1 Å². The predicted molar refractivity (Wildman–Crippen MR) is 117 cm³/mol. The van der Waals surface area contributed by atoms with Crippen molar-refractivity contribution in [3.05, 3.63) is 65.7 Å². The van der Waals surface area contributed by atoms with Crippen LogP contribution in [-0.4, -0.2) is 38.1 Å². The van der Waals surface area contributed by atoms with Gasteiger partial charge in [-0.25, -0.2) is 4.79 Å². The monoisotopic (exact) mass is 412 g/mol. The van der Waals surface area contributed by atoms with Crippen LogP contribution in [0.5, 0.6) is 5.75 Å². The number of ether oxygens (including phenoxy) is 2. The zero-order valence-corrected chi connectivity index (χ0v) is 18.2. The van der Waals surface area contributed by atoms with E-state index in [0.29, 0.717) is 19.4 Å². The van der Waals surface area contributed by atoms with E-state index >= 15 is 0 Å². The Bertz CT molecular complexity index is 791. The van der Waals surface area contributed by atoms with Gasteiger partial charge in [-0.2, -0.15) is 0 Å². The molecule has 0 fully saturated rings. The summed E-state index contributed by atoms with van der Waals surface area (Å²) in [6.45, 7) is 4.50. The summed E-state index contributed by atoms with van der Waals surface area (Å²) in [6, 6.07) is 16.6. The highest BCUT2D eigenvalue weighted by molar-refractivity contribution is 5.87. The molecule has 0 aliphatic carbocycles. The Morgan fingerprint density at radius 2 is 1.60 bits per heavy atom. The van der Waals surface area contributed by atoms with Crippen molar-refractivity contribution in [3.8, 4) is 5.75 Å². The summed E-state index contributed by atoms with van der Waals surface area (Å²) in [4.78, 5) is 24.7. The first-order valence-corrected chi connectivity index (χ1v) is 10.2. The highest BCUT2D eigenvalue weighted by atomic mass is 16.5. The van der Waals surface area contributed by atoms with E-state index in [-0.39, 0.29) is 11.8 Å². The van der Waals surface area contributed by atoms with E-state index in [1.807, 2.05) is 68.4 Å². The molecule has 0 aromatic heterocycles. The van der Waals surface area contributed by atoms with Crippen LogP contribution >= 0.6 is 0 Å². The minimum absolute atomic E-state index is 0.224. The van der Waals surface area contributed by atoms with Gasteiger partial charge in [0.05, 0.1) is 13.2 Å². The maximum absolute atomic E-state index is 12.7. The first-order valence-electron chi connectivity index (χ1n) is 10.2. The summed E-state index contributed by atoms with van der Waals surface area (Å²) < 4.78 is 10.6. The fourth-order valence-electron chi connectivity index (χ4n) is 3.12. The Kier molecular flexibility index (Phi) is 9.35. The van der Waals surface area contributed by atoms with E-state index in [9.17, 15) is 9.59 Å². The van der Waals surface area contributed by atoms with Gasteiger partial charge in [-0.3, -0.25) is 4.79 Å². The number of amides is 1. The van der Waals surface area contributed by atoms with Crippen LogP contribution in [0.3, 0.4) is 0 Å². The minimum atomic E-state index is -0.646. The highest BCUT2D eigenvalue weighted by Crippen LogP contribution is 2.16. The number of hydrogen-bond donors (Lipinski definition) is 2. The lowest BCUT2D eigenvalue weighted by Crippen LogP contribution is -2.50. The Balaban J connectivity index is 1.93. The van der Waals surface area contributed by atoms with Crippen LogP contribution in [0, 0.1) is 5.92 Å². The largest absolute Gasteiger partial charge is 0.489 e. The first-order chi connectivity index (χ1) is 14.4. The number of carbonyl (C=O) groups is 2. The maximum Gasteiger partial charge on any atom is 0.328 e. The molecule has 6 nitrogen and oxygen atoms in total. The molecule has 30 heavy (non-hydrogen) atoms. The summed E-state index contributed by atoms with van der Waals surface area (Å²) in [7, 11) is 3.07. The van der Waals surface area contributed by atoms with Gasteiger partial charge in [0.2, 0.25) is 5.91 Å². The number of esters is 1. The third-order valence-electron chi connectivity index (χ3n) is 4.79. The second-order valence-corrected chi connectivity index (χ2v) is 7.68. The molecule has 0 unspecified atom stereocenters. The number of methoxy groups -OCH3 is 1. The average Bonchev–Trinajstić information content (AvgIpc) is 2.76. The molecule has 0 bridgehead atoms. The molecule has 1 amide bonds. The van der Waals surface area contributed by atoms with Gasteiger partial charge >= 0.3 is 5.97 Å². The molecule has 2 atom stereocenters. The van der Waals surface area contributed by atoms with Gasteiger partial charge in [-0.1, -0.05) is 56.3 Å². The van der Waals surface area contributed by atoms with Crippen LogP contribution in [0.1, 0.15) is 31.4 Å². The third kappa shape index (κ3) is 7.52. The van der Waals surface area contributed by atoms with E-state index in [2.05, 4.69) is 10.6 Å². The highest BCUT2D eigenvalue weighted by Gasteiger charge is 2.26. The van der Waals surface area contributed by atoms with Crippen LogP contribution < -0.4 is 15.4 Å². The lowest BCUT2D eigenvalue weighted by molar-refractivity contribution is -0.145.